The van der Waals surface area contributed by atoms with Crippen LogP contribution in [0.15, 0.2) is 79.1 Å². The van der Waals surface area contributed by atoms with Gasteiger partial charge in [0.25, 0.3) is 0 Å². The minimum Gasteiger partial charge on any atom is -0.493 e. The van der Waals surface area contributed by atoms with Crippen molar-refractivity contribution in [1.82, 2.24) is 19.9 Å². The molecule has 0 fully saturated rings. The number of nitrogens with zero attached hydrogens (tertiary/aromatic N) is 4. The van der Waals surface area contributed by atoms with Crippen molar-refractivity contribution in [3.63, 3.8) is 0 Å². The molecular formula is C39H46N8O3. The van der Waals surface area contributed by atoms with Gasteiger partial charge in [0, 0.05) is 47.4 Å². The number of hydrogen-bond donors (Lipinski definition) is 4. The van der Waals surface area contributed by atoms with Crippen molar-refractivity contribution in [3.05, 3.63) is 90.3 Å². The number of anilines is 2. The van der Waals surface area contributed by atoms with Gasteiger partial charge in [-0.15, -0.1) is 0 Å². The van der Waals surface area contributed by atoms with Gasteiger partial charge in [0.1, 0.15) is 11.6 Å². The van der Waals surface area contributed by atoms with Crippen molar-refractivity contribution in [2.45, 2.75) is 26.7 Å². The lowest BCUT2D eigenvalue weighted by molar-refractivity contribution is 0.324. The van der Waals surface area contributed by atoms with E-state index in [2.05, 4.69) is 52.6 Å². The number of aromatic nitrogens is 4. The molecule has 260 valence electrons. The largest absolute Gasteiger partial charge is 0.493 e. The monoisotopic (exact) mass is 674 g/mol. The van der Waals surface area contributed by atoms with E-state index in [0.717, 1.165) is 81.9 Å². The fourth-order valence-corrected chi connectivity index (χ4v) is 5.46. The third kappa shape index (κ3) is 8.36. The molecule has 11 nitrogen and oxygen atoms in total. The molecule has 50 heavy (non-hydrogen) atoms. The van der Waals surface area contributed by atoms with E-state index in [4.69, 9.17) is 35.6 Å². The summed E-state index contributed by atoms with van der Waals surface area (Å²) >= 11 is 0. The van der Waals surface area contributed by atoms with E-state index in [-0.39, 0.29) is 0 Å². The number of methoxy groups -OCH3 is 3. The predicted molar refractivity (Wildman–Crippen MR) is 203 cm³/mol. The first-order chi connectivity index (χ1) is 24.4. The Hall–Kier alpha value is -5.52. The summed E-state index contributed by atoms with van der Waals surface area (Å²) in [5.74, 6) is 3.35. The number of nitrogens with two attached hydrogens (primary N) is 2. The second-order valence-electron chi connectivity index (χ2n) is 11.7. The molecule has 0 aliphatic carbocycles. The summed E-state index contributed by atoms with van der Waals surface area (Å²) in [7, 11) is 4.77. The number of nitrogens with one attached hydrogen (secondary N) is 2. The molecule has 6 N–H and O–H groups in total. The number of rotatable bonds is 13. The Balaban J connectivity index is 0.000000197. The van der Waals surface area contributed by atoms with Crippen LogP contribution in [-0.2, 0) is 0 Å². The fraction of sp³-hybridized carbons (Fsp3) is 0.282. The lowest BCUT2D eigenvalue weighted by atomic mass is 10.0. The summed E-state index contributed by atoms with van der Waals surface area (Å²) in [5.41, 5.74) is 19.2. The minimum atomic E-state index is 0.545. The highest BCUT2D eigenvalue weighted by Gasteiger charge is 2.16. The van der Waals surface area contributed by atoms with Crippen LogP contribution in [0.1, 0.15) is 24.0 Å². The summed E-state index contributed by atoms with van der Waals surface area (Å²) in [6.07, 6.45) is 5.36. The van der Waals surface area contributed by atoms with Crippen LogP contribution in [0, 0.1) is 13.8 Å². The van der Waals surface area contributed by atoms with Crippen LogP contribution in [0.3, 0.4) is 0 Å². The summed E-state index contributed by atoms with van der Waals surface area (Å²) in [4.78, 5) is 18.6. The predicted octanol–water partition coefficient (Wildman–Crippen LogP) is 6.76. The molecule has 11 heteroatoms. The molecule has 4 aromatic heterocycles. The Bertz CT molecular complexity index is 2030. The van der Waals surface area contributed by atoms with E-state index in [1.807, 2.05) is 54.7 Å². The highest BCUT2D eigenvalue weighted by Crippen LogP contribution is 2.41. The average Bonchev–Trinajstić information content (AvgIpc) is 3.15. The molecule has 0 saturated carbocycles. The van der Waals surface area contributed by atoms with Crippen molar-refractivity contribution in [3.8, 4) is 39.8 Å². The maximum absolute atomic E-state index is 5.61. The molecular weight excluding hydrogens is 628 g/mol. The van der Waals surface area contributed by atoms with Crippen molar-refractivity contribution in [1.29, 1.82) is 0 Å². The highest BCUT2D eigenvalue weighted by molar-refractivity contribution is 5.93. The van der Waals surface area contributed by atoms with Crippen molar-refractivity contribution < 1.29 is 14.2 Å². The van der Waals surface area contributed by atoms with Gasteiger partial charge < -0.3 is 36.3 Å². The Morgan fingerprint density at radius 2 is 1.12 bits per heavy atom. The van der Waals surface area contributed by atoms with Gasteiger partial charge in [-0.1, -0.05) is 12.1 Å². The van der Waals surface area contributed by atoms with E-state index < -0.39 is 0 Å². The third-order valence-corrected chi connectivity index (χ3v) is 8.31. The SMILES string of the molecule is COc1cc(-c2cc3ncccc3c(NCCCN)n2)cc(OC)c1OC.Cc1ccc(-c2cc3ncccc3c(NCCCN)n2)cc1C. The molecule has 0 amide bonds. The van der Waals surface area contributed by atoms with E-state index in [9.17, 15) is 0 Å². The minimum absolute atomic E-state index is 0.545. The summed E-state index contributed by atoms with van der Waals surface area (Å²) in [6, 6.07) is 22.1. The van der Waals surface area contributed by atoms with Gasteiger partial charge in [-0.25, -0.2) is 9.97 Å². The Morgan fingerprint density at radius 1 is 0.600 bits per heavy atom. The van der Waals surface area contributed by atoms with Crippen molar-refractivity contribution >= 4 is 33.4 Å². The molecule has 4 heterocycles. The number of hydrogen-bond acceptors (Lipinski definition) is 11. The first-order valence-electron chi connectivity index (χ1n) is 16.7. The van der Waals surface area contributed by atoms with Gasteiger partial charge in [-0.3, -0.25) is 9.97 Å². The second kappa shape index (κ2) is 17.2. The molecule has 0 aliphatic rings. The number of aryl methyl sites for hydroxylation is 2. The first-order valence-corrected chi connectivity index (χ1v) is 16.7. The van der Waals surface area contributed by atoms with Gasteiger partial charge >= 0.3 is 0 Å². The van der Waals surface area contributed by atoms with E-state index in [0.29, 0.717) is 30.3 Å². The van der Waals surface area contributed by atoms with Crippen LogP contribution in [0.2, 0.25) is 0 Å². The number of pyridine rings is 4. The van der Waals surface area contributed by atoms with Gasteiger partial charge in [0.15, 0.2) is 11.5 Å². The molecule has 0 bridgehead atoms. The molecule has 6 rings (SSSR count). The smallest absolute Gasteiger partial charge is 0.203 e. The Morgan fingerprint density at radius 3 is 1.58 bits per heavy atom. The Kier molecular flexibility index (Phi) is 12.3. The zero-order valence-corrected chi connectivity index (χ0v) is 29.4. The molecule has 0 aliphatic heterocycles. The van der Waals surface area contributed by atoms with Gasteiger partial charge in [-0.05, 0) is 106 Å². The maximum Gasteiger partial charge on any atom is 0.203 e. The maximum atomic E-state index is 5.61. The summed E-state index contributed by atoms with van der Waals surface area (Å²) in [5, 5.41) is 8.76. The van der Waals surface area contributed by atoms with E-state index in [1.54, 1.807) is 27.5 Å². The molecule has 0 saturated heterocycles. The van der Waals surface area contributed by atoms with Crippen LogP contribution in [0.4, 0.5) is 11.6 Å². The van der Waals surface area contributed by atoms with E-state index >= 15 is 0 Å². The molecule has 0 atom stereocenters. The average molecular weight is 675 g/mol. The zero-order valence-electron chi connectivity index (χ0n) is 29.4. The fourth-order valence-electron chi connectivity index (χ4n) is 5.46. The molecule has 6 aromatic rings. The lowest BCUT2D eigenvalue weighted by Crippen LogP contribution is -2.10. The first kappa shape index (κ1) is 35.8. The Labute approximate surface area is 293 Å². The molecule has 0 spiro atoms. The number of ether oxygens (including phenoxy) is 3. The second-order valence-corrected chi connectivity index (χ2v) is 11.7. The number of fused-ring (bicyclic) bond motifs is 2. The van der Waals surface area contributed by atoms with E-state index in [1.165, 1.54) is 11.1 Å². The van der Waals surface area contributed by atoms with Crippen LogP contribution in [0.25, 0.3) is 44.3 Å². The zero-order chi connectivity index (χ0) is 35.5. The van der Waals surface area contributed by atoms with Crippen LogP contribution >= 0.6 is 0 Å². The summed E-state index contributed by atoms with van der Waals surface area (Å²) < 4.78 is 16.3. The normalized spacial score (nSPS) is 10.8. The van der Waals surface area contributed by atoms with Crippen molar-refractivity contribution in [2.75, 3.05) is 58.1 Å². The van der Waals surface area contributed by atoms with Gasteiger partial charge in [0.2, 0.25) is 5.75 Å². The summed E-state index contributed by atoms with van der Waals surface area (Å²) in [6.45, 7) is 7.08. The lowest BCUT2D eigenvalue weighted by Gasteiger charge is -2.15. The molecule has 0 unspecified atom stereocenters. The standard InChI is InChI=1S/C20H24N4O3.C19H22N4/c1-25-17-10-13(11-18(26-2)19(17)27-3)15-12-16-14(6-4-8-22-16)20(24-15)23-9-5-7-21;1-13-6-7-15(11-14(13)2)17-12-18-16(5-3-9-21-18)19(23-17)22-10-4-8-20/h4,6,8,10-12H,5,7,9,21H2,1-3H3,(H,23,24);3,5-7,9,11-12H,4,8,10,20H2,1-2H3,(H,22,23). The van der Waals surface area contributed by atoms with Gasteiger partial charge in [0.05, 0.1) is 43.8 Å². The van der Waals surface area contributed by atoms with Crippen LogP contribution in [-0.4, -0.2) is 67.4 Å². The highest BCUT2D eigenvalue weighted by atomic mass is 16.5. The van der Waals surface area contributed by atoms with Crippen molar-refractivity contribution in [2.24, 2.45) is 11.5 Å². The topological polar surface area (TPSA) is 155 Å². The van der Waals surface area contributed by atoms with Crippen LogP contribution < -0.4 is 36.3 Å². The van der Waals surface area contributed by atoms with Crippen LogP contribution in [0.5, 0.6) is 17.2 Å². The number of benzene rings is 2. The van der Waals surface area contributed by atoms with Gasteiger partial charge in [-0.2, -0.15) is 0 Å². The third-order valence-electron chi connectivity index (χ3n) is 8.31. The molecule has 2 aromatic carbocycles. The molecule has 0 radical (unpaired) electrons. The quantitative estimate of drug-likeness (QED) is 0.0961.